The highest BCUT2D eigenvalue weighted by atomic mass is 32.2. The number of nitro benzene ring substituents is 1. The maximum Gasteiger partial charge on any atom is 0.278 e. The van der Waals surface area contributed by atoms with Gasteiger partial charge in [-0.3, -0.25) is 14.9 Å². The number of hydrazone groups is 1. The Balaban J connectivity index is 2.10. The SMILES string of the molecule is NS(=O)(=O)c1ccc(C(=O)NN=Cc2ccccc2[N+](=O)[O-])cc1. The van der Waals surface area contributed by atoms with E-state index in [2.05, 4.69) is 10.5 Å². The molecule has 9 nitrogen and oxygen atoms in total. The summed E-state index contributed by atoms with van der Waals surface area (Å²) in [5, 5.41) is 19.5. The number of primary sulfonamides is 1. The Kier molecular flexibility index (Phi) is 5.02. The number of hydrogen-bond acceptors (Lipinski definition) is 6. The summed E-state index contributed by atoms with van der Waals surface area (Å²) in [6, 6.07) is 10.8. The van der Waals surface area contributed by atoms with E-state index in [-0.39, 0.29) is 21.7 Å². The summed E-state index contributed by atoms with van der Waals surface area (Å²) in [6.07, 6.45) is 1.15. The maximum absolute atomic E-state index is 11.9. The molecule has 0 atom stereocenters. The molecule has 24 heavy (non-hydrogen) atoms. The monoisotopic (exact) mass is 348 g/mol. The number of nitrogens with one attached hydrogen (secondary N) is 1. The summed E-state index contributed by atoms with van der Waals surface area (Å²) in [5.41, 5.74) is 2.44. The lowest BCUT2D eigenvalue weighted by Crippen LogP contribution is -2.18. The number of nitrogens with zero attached hydrogens (tertiary/aromatic N) is 2. The highest BCUT2D eigenvalue weighted by Gasteiger charge is 2.11. The zero-order valence-electron chi connectivity index (χ0n) is 12.1. The molecule has 124 valence electrons. The summed E-state index contributed by atoms with van der Waals surface area (Å²) in [7, 11) is -3.84. The van der Waals surface area contributed by atoms with Crippen LogP contribution < -0.4 is 10.6 Å². The van der Waals surface area contributed by atoms with Crippen LogP contribution >= 0.6 is 0 Å². The van der Waals surface area contributed by atoms with Gasteiger partial charge in [-0.1, -0.05) is 12.1 Å². The molecule has 0 bridgehead atoms. The van der Waals surface area contributed by atoms with Crippen LogP contribution in [0.5, 0.6) is 0 Å². The van der Waals surface area contributed by atoms with E-state index in [1.165, 1.54) is 42.5 Å². The second kappa shape index (κ2) is 6.98. The van der Waals surface area contributed by atoms with Gasteiger partial charge >= 0.3 is 0 Å². The normalized spacial score (nSPS) is 11.4. The molecule has 0 heterocycles. The van der Waals surface area contributed by atoms with Crippen LogP contribution in [0.4, 0.5) is 5.69 Å². The lowest BCUT2D eigenvalue weighted by molar-refractivity contribution is -0.385. The number of nitro groups is 1. The van der Waals surface area contributed by atoms with Gasteiger partial charge in [-0.15, -0.1) is 0 Å². The number of carbonyl (C=O) groups is 1. The van der Waals surface area contributed by atoms with Crippen molar-refractivity contribution in [2.75, 3.05) is 0 Å². The molecule has 0 fully saturated rings. The van der Waals surface area contributed by atoms with Crippen LogP contribution in [0.2, 0.25) is 0 Å². The summed E-state index contributed by atoms with van der Waals surface area (Å²) in [5.74, 6) is -0.606. The van der Waals surface area contributed by atoms with E-state index in [9.17, 15) is 23.3 Å². The van der Waals surface area contributed by atoms with Gasteiger partial charge < -0.3 is 0 Å². The number of para-hydroxylation sites is 1. The summed E-state index contributed by atoms with van der Waals surface area (Å²) < 4.78 is 22.3. The third-order valence-electron chi connectivity index (χ3n) is 2.95. The smallest absolute Gasteiger partial charge is 0.267 e. The molecular weight excluding hydrogens is 336 g/mol. The van der Waals surface area contributed by atoms with Crippen LogP contribution in [0.1, 0.15) is 15.9 Å². The average Bonchev–Trinajstić information content (AvgIpc) is 2.54. The Hall–Kier alpha value is -3.11. The molecule has 3 N–H and O–H groups in total. The van der Waals surface area contributed by atoms with Crippen molar-refractivity contribution < 1.29 is 18.1 Å². The van der Waals surface area contributed by atoms with E-state index in [0.29, 0.717) is 0 Å². The first-order valence-corrected chi connectivity index (χ1v) is 8.03. The molecule has 0 radical (unpaired) electrons. The average molecular weight is 348 g/mol. The van der Waals surface area contributed by atoms with Crippen molar-refractivity contribution in [2.45, 2.75) is 4.90 Å². The number of rotatable bonds is 5. The Morgan fingerprint density at radius 3 is 2.38 bits per heavy atom. The largest absolute Gasteiger partial charge is 0.278 e. The van der Waals surface area contributed by atoms with Crippen molar-refractivity contribution in [1.29, 1.82) is 0 Å². The van der Waals surface area contributed by atoms with Gasteiger partial charge in [0.15, 0.2) is 0 Å². The second-order valence-electron chi connectivity index (χ2n) is 4.58. The Labute approximate surface area is 137 Å². The van der Waals surface area contributed by atoms with E-state index in [1.54, 1.807) is 6.07 Å². The van der Waals surface area contributed by atoms with Crippen molar-refractivity contribution in [3.8, 4) is 0 Å². The van der Waals surface area contributed by atoms with Gasteiger partial charge in [0.1, 0.15) is 0 Å². The fourth-order valence-electron chi connectivity index (χ4n) is 1.78. The lowest BCUT2D eigenvalue weighted by atomic mass is 10.2. The van der Waals surface area contributed by atoms with Crippen LogP contribution in [0.25, 0.3) is 0 Å². The van der Waals surface area contributed by atoms with E-state index in [4.69, 9.17) is 5.14 Å². The standard InChI is InChI=1S/C14H12N4O5S/c15-24(22,23)12-7-5-10(6-8-12)14(19)17-16-9-11-3-1-2-4-13(11)18(20)21/h1-9H,(H,17,19)(H2,15,22,23). The lowest BCUT2D eigenvalue weighted by Gasteiger charge is -2.02. The van der Waals surface area contributed by atoms with Gasteiger partial charge in [-0.25, -0.2) is 19.0 Å². The number of benzene rings is 2. The van der Waals surface area contributed by atoms with Gasteiger partial charge in [0.05, 0.1) is 21.6 Å². The van der Waals surface area contributed by atoms with Gasteiger partial charge in [0, 0.05) is 11.6 Å². The molecule has 0 aromatic heterocycles. The zero-order chi connectivity index (χ0) is 17.7. The first kappa shape index (κ1) is 17.2. The van der Waals surface area contributed by atoms with Gasteiger partial charge in [0.25, 0.3) is 11.6 Å². The molecule has 0 aliphatic carbocycles. The first-order chi connectivity index (χ1) is 11.3. The zero-order valence-corrected chi connectivity index (χ0v) is 12.9. The van der Waals surface area contributed by atoms with Crippen LogP contribution in [-0.2, 0) is 10.0 Å². The predicted molar refractivity (Wildman–Crippen MR) is 86.0 cm³/mol. The molecule has 2 rings (SSSR count). The molecular formula is C14H12N4O5S. The molecule has 0 aliphatic rings. The van der Waals surface area contributed by atoms with E-state index >= 15 is 0 Å². The van der Waals surface area contributed by atoms with E-state index < -0.39 is 20.9 Å². The Bertz CT molecular complexity index is 907. The van der Waals surface area contributed by atoms with Crippen LogP contribution in [-0.4, -0.2) is 25.5 Å². The highest BCUT2D eigenvalue weighted by molar-refractivity contribution is 7.89. The number of sulfonamides is 1. The Morgan fingerprint density at radius 2 is 1.79 bits per heavy atom. The van der Waals surface area contributed by atoms with Crippen LogP contribution in [0.15, 0.2) is 58.5 Å². The number of hydrogen-bond donors (Lipinski definition) is 2. The molecule has 0 aliphatic heterocycles. The molecule has 10 heteroatoms. The van der Waals surface area contributed by atoms with Gasteiger partial charge in [0.2, 0.25) is 10.0 Å². The molecule has 1 amide bonds. The first-order valence-electron chi connectivity index (χ1n) is 6.49. The number of nitrogens with two attached hydrogens (primary N) is 1. The van der Waals surface area contributed by atoms with Gasteiger partial charge in [-0.05, 0) is 30.3 Å². The van der Waals surface area contributed by atoms with Crippen molar-refractivity contribution in [1.82, 2.24) is 5.43 Å². The second-order valence-corrected chi connectivity index (χ2v) is 6.15. The summed E-state index contributed by atoms with van der Waals surface area (Å²) in [4.78, 5) is 22.0. The van der Waals surface area contributed by atoms with Crippen molar-refractivity contribution in [3.63, 3.8) is 0 Å². The minimum atomic E-state index is -3.84. The third-order valence-corrected chi connectivity index (χ3v) is 3.88. The summed E-state index contributed by atoms with van der Waals surface area (Å²) >= 11 is 0. The quantitative estimate of drug-likeness (QED) is 0.470. The minimum Gasteiger partial charge on any atom is -0.267 e. The molecule has 2 aromatic rings. The maximum atomic E-state index is 11.9. The molecule has 0 unspecified atom stereocenters. The van der Waals surface area contributed by atoms with E-state index in [0.717, 1.165) is 6.21 Å². The van der Waals surface area contributed by atoms with E-state index in [1.807, 2.05) is 0 Å². The van der Waals surface area contributed by atoms with Crippen LogP contribution in [0, 0.1) is 10.1 Å². The fraction of sp³-hybridized carbons (Fsp3) is 0. The molecule has 0 saturated heterocycles. The predicted octanol–water partition coefficient (Wildman–Crippen LogP) is 1.01. The van der Waals surface area contributed by atoms with Crippen LogP contribution in [0.3, 0.4) is 0 Å². The number of carbonyl (C=O) groups excluding carboxylic acids is 1. The van der Waals surface area contributed by atoms with Crippen molar-refractivity contribution in [3.05, 3.63) is 69.8 Å². The molecule has 2 aromatic carbocycles. The van der Waals surface area contributed by atoms with Crippen molar-refractivity contribution in [2.24, 2.45) is 10.2 Å². The van der Waals surface area contributed by atoms with Gasteiger partial charge in [-0.2, -0.15) is 5.10 Å². The summed E-state index contributed by atoms with van der Waals surface area (Å²) in [6.45, 7) is 0. The minimum absolute atomic E-state index is 0.123. The topological polar surface area (TPSA) is 145 Å². The molecule has 0 spiro atoms. The Morgan fingerprint density at radius 1 is 1.17 bits per heavy atom. The highest BCUT2D eigenvalue weighted by Crippen LogP contribution is 2.15. The fourth-order valence-corrected chi connectivity index (χ4v) is 2.30. The van der Waals surface area contributed by atoms with Crippen molar-refractivity contribution >= 4 is 27.8 Å². The third kappa shape index (κ3) is 4.21. The molecule has 0 saturated carbocycles. The number of amides is 1.